The Hall–Kier alpha value is -0.650. The lowest BCUT2D eigenvalue weighted by atomic mass is 10.2. The largest absolute Gasteiger partial charge is 0.392 e. The molecule has 16 heavy (non-hydrogen) atoms. The first-order chi connectivity index (χ1) is 7.74. The van der Waals surface area contributed by atoms with Crippen molar-refractivity contribution < 1.29 is 14.6 Å². The summed E-state index contributed by atoms with van der Waals surface area (Å²) >= 11 is 0. The number of carbonyl (C=O) groups is 1. The van der Waals surface area contributed by atoms with Crippen molar-refractivity contribution in [1.82, 2.24) is 10.6 Å². The van der Waals surface area contributed by atoms with E-state index in [-0.39, 0.29) is 18.1 Å². The standard InChI is InChI=1S/C11H22N2O3/c1-2-5-16-6-3-4-12-11(15)10-7-9(14)8-13-10/h9-10,13-14H,2-8H2,1H3,(H,12,15). The normalized spacial score (nSPS) is 24.6. The maximum Gasteiger partial charge on any atom is 0.237 e. The molecule has 2 atom stereocenters. The summed E-state index contributed by atoms with van der Waals surface area (Å²) in [5, 5.41) is 15.1. The zero-order valence-corrected chi connectivity index (χ0v) is 9.87. The van der Waals surface area contributed by atoms with Crippen LogP contribution < -0.4 is 10.6 Å². The smallest absolute Gasteiger partial charge is 0.237 e. The van der Waals surface area contributed by atoms with Crippen LogP contribution in [-0.4, -0.2) is 49.5 Å². The molecule has 1 aliphatic heterocycles. The van der Waals surface area contributed by atoms with Crippen LogP contribution in [0, 0.1) is 0 Å². The molecular weight excluding hydrogens is 208 g/mol. The predicted octanol–water partition coefficient (Wildman–Crippen LogP) is -0.358. The van der Waals surface area contributed by atoms with Crippen LogP contribution in [0.15, 0.2) is 0 Å². The molecule has 2 unspecified atom stereocenters. The van der Waals surface area contributed by atoms with E-state index in [0.717, 1.165) is 19.4 Å². The highest BCUT2D eigenvalue weighted by Gasteiger charge is 2.27. The average molecular weight is 230 g/mol. The van der Waals surface area contributed by atoms with Crippen molar-refractivity contribution in [1.29, 1.82) is 0 Å². The third-order valence-electron chi connectivity index (χ3n) is 2.54. The van der Waals surface area contributed by atoms with Crippen LogP contribution in [0.5, 0.6) is 0 Å². The number of hydrogen-bond donors (Lipinski definition) is 3. The van der Waals surface area contributed by atoms with E-state index >= 15 is 0 Å². The number of ether oxygens (including phenoxy) is 1. The molecule has 0 aromatic heterocycles. The van der Waals surface area contributed by atoms with Crippen LogP contribution in [-0.2, 0) is 9.53 Å². The van der Waals surface area contributed by atoms with Crippen molar-refractivity contribution in [3.8, 4) is 0 Å². The second-order valence-electron chi connectivity index (χ2n) is 4.11. The van der Waals surface area contributed by atoms with Gasteiger partial charge >= 0.3 is 0 Å². The van der Waals surface area contributed by atoms with Crippen molar-refractivity contribution in [2.75, 3.05) is 26.3 Å². The third-order valence-corrected chi connectivity index (χ3v) is 2.54. The summed E-state index contributed by atoms with van der Waals surface area (Å²) in [6.07, 6.45) is 1.98. The quantitative estimate of drug-likeness (QED) is 0.522. The van der Waals surface area contributed by atoms with Gasteiger partial charge in [0.15, 0.2) is 0 Å². The number of carbonyl (C=O) groups excluding carboxylic acids is 1. The molecule has 1 amide bonds. The van der Waals surface area contributed by atoms with E-state index in [4.69, 9.17) is 4.74 Å². The Morgan fingerprint density at radius 1 is 1.56 bits per heavy atom. The molecule has 5 heteroatoms. The Balaban J connectivity index is 1.98. The minimum absolute atomic E-state index is 0.0213. The number of aliphatic hydroxyl groups is 1. The van der Waals surface area contributed by atoms with E-state index in [1.807, 2.05) is 0 Å². The molecule has 0 aliphatic carbocycles. The zero-order chi connectivity index (χ0) is 11.8. The molecule has 1 aliphatic rings. The van der Waals surface area contributed by atoms with Crippen LogP contribution in [0.1, 0.15) is 26.2 Å². The maximum atomic E-state index is 11.6. The summed E-state index contributed by atoms with van der Waals surface area (Å²) in [5.41, 5.74) is 0. The molecular formula is C11H22N2O3. The molecule has 0 aromatic carbocycles. The fourth-order valence-electron chi connectivity index (χ4n) is 1.67. The Morgan fingerprint density at radius 3 is 3.00 bits per heavy atom. The summed E-state index contributed by atoms with van der Waals surface area (Å²) in [6, 6.07) is -0.230. The molecule has 5 nitrogen and oxygen atoms in total. The lowest BCUT2D eigenvalue weighted by molar-refractivity contribution is -0.122. The van der Waals surface area contributed by atoms with Gasteiger partial charge in [-0.15, -0.1) is 0 Å². The molecule has 94 valence electrons. The van der Waals surface area contributed by atoms with E-state index in [1.165, 1.54) is 0 Å². The highest BCUT2D eigenvalue weighted by atomic mass is 16.5. The van der Waals surface area contributed by atoms with Gasteiger partial charge in [-0.05, 0) is 19.3 Å². The van der Waals surface area contributed by atoms with E-state index in [0.29, 0.717) is 26.1 Å². The van der Waals surface area contributed by atoms with Crippen LogP contribution in [0.2, 0.25) is 0 Å². The molecule has 0 radical (unpaired) electrons. The number of nitrogens with one attached hydrogen (secondary N) is 2. The maximum absolute atomic E-state index is 11.6. The Kier molecular flexibility index (Phi) is 6.37. The first kappa shape index (κ1) is 13.4. The van der Waals surface area contributed by atoms with Crippen LogP contribution in [0.25, 0.3) is 0 Å². The highest BCUT2D eigenvalue weighted by molar-refractivity contribution is 5.82. The molecule has 1 heterocycles. The molecule has 1 rings (SSSR count). The van der Waals surface area contributed by atoms with Gasteiger partial charge in [0.25, 0.3) is 0 Å². The summed E-state index contributed by atoms with van der Waals surface area (Å²) < 4.78 is 5.30. The lowest BCUT2D eigenvalue weighted by Crippen LogP contribution is -2.40. The van der Waals surface area contributed by atoms with Gasteiger partial charge in [0.05, 0.1) is 12.1 Å². The van der Waals surface area contributed by atoms with Gasteiger partial charge < -0.3 is 20.5 Å². The number of rotatable bonds is 7. The summed E-state index contributed by atoms with van der Waals surface area (Å²) in [5.74, 6) is -0.0213. The van der Waals surface area contributed by atoms with Crippen LogP contribution in [0.4, 0.5) is 0 Å². The monoisotopic (exact) mass is 230 g/mol. The molecule has 0 aromatic rings. The number of amides is 1. The number of hydrogen-bond acceptors (Lipinski definition) is 4. The molecule has 0 bridgehead atoms. The summed E-state index contributed by atoms with van der Waals surface area (Å²) in [6.45, 7) is 4.69. The van der Waals surface area contributed by atoms with Gasteiger partial charge in [-0.3, -0.25) is 4.79 Å². The molecule has 0 spiro atoms. The molecule has 3 N–H and O–H groups in total. The first-order valence-electron chi connectivity index (χ1n) is 6.01. The topological polar surface area (TPSA) is 70.6 Å². The highest BCUT2D eigenvalue weighted by Crippen LogP contribution is 2.05. The fraction of sp³-hybridized carbons (Fsp3) is 0.909. The van der Waals surface area contributed by atoms with Gasteiger partial charge in [-0.25, -0.2) is 0 Å². The molecule has 1 fully saturated rings. The van der Waals surface area contributed by atoms with Gasteiger partial charge in [0.2, 0.25) is 5.91 Å². The summed E-state index contributed by atoms with van der Waals surface area (Å²) in [7, 11) is 0. The minimum Gasteiger partial charge on any atom is -0.392 e. The molecule has 1 saturated heterocycles. The van der Waals surface area contributed by atoms with E-state index < -0.39 is 0 Å². The second-order valence-corrected chi connectivity index (χ2v) is 4.11. The number of aliphatic hydroxyl groups excluding tert-OH is 1. The Bertz CT molecular complexity index is 211. The summed E-state index contributed by atoms with van der Waals surface area (Å²) in [4.78, 5) is 11.6. The van der Waals surface area contributed by atoms with Gasteiger partial charge in [0.1, 0.15) is 0 Å². The second kappa shape index (κ2) is 7.60. The average Bonchev–Trinajstić information content (AvgIpc) is 2.70. The third kappa shape index (κ3) is 4.92. The Labute approximate surface area is 96.6 Å². The van der Waals surface area contributed by atoms with E-state index in [2.05, 4.69) is 17.6 Å². The Morgan fingerprint density at radius 2 is 2.38 bits per heavy atom. The van der Waals surface area contributed by atoms with E-state index in [9.17, 15) is 9.90 Å². The first-order valence-corrected chi connectivity index (χ1v) is 6.01. The fourth-order valence-corrected chi connectivity index (χ4v) is 1.67. The van der Waals surface area contributed by atoms with Crippen molar-refractivity contribution in [2.45, 2.75) is 38.3 Å². The lowest BCUT2D eigenvalue weighted by Gasteiger charge is -2.10. The van der Waals surface area contributed by atoms with Crippen LogP contribution in [0.3, 0.4) is 0 Å². The van der Waals surface area contributed by atoms with Crippen molar-refractivity contribution in [3.05, 3.63) is 0 Å². The van der Waals surface area contributed by atoms with Gasteiger partial charge in [-0.1, -0.05) is 6.92 Å². The van der Waals surface area contributed by atoms with Crippen molar-refractivity contribution in [2.24, 2.45) is 0 Å². The predicted molar refractivity (Wildman–Crippen MR) is 61.2 cm³/mol. The SMILES string of the molecule is CCCOCCCNC(=O)C1CC(O)CN1. The number of β-amino-alcohol motifs (C(OH)–C–C–N with tert-alkyl or cyclic N) is 1. The van der Waals surface area contributed by atoms with Crippen LogP contribution >= 0.6 is 0 Å². The zero-order valence-electron chi connectivity index (χ0n) is 9.87. The van der Waals surface area contributed by atoms with E-state index in [1.54, 1.807) is 0 Å². The van der Waals surface area contributed by atoms with Gasteiger partial charge in [-0.2, -0.15) is 0 Å². The van der Waals surface area contributed by atoms with Crippen molar-refractivity contribution >= 4 is 5.91 Å². The minimum atomic E-state index is -0.386. The van der Waals surface area contributed by atoms with Gasteiger partial charge in [0, 0.05) is 26.3 Å². The van der Waals surface area contributed by atoms with Crippen molar-refractivity contribution in [3.63, 3.8) is 0 Å². The molecule has 0 saturated carbocycles.